The normalized spacial score (nSPS) is 23.5. The van der Waals surface area contributed by atoms with E-state index < -0.39 is 38.0 Å². The Morgan fingerprint density at radius 3 is 1.91 bits per heavy atom. The summed E-state index contributed by atoms with van der Waals surface area (Å²) in [5, 5.41) is 9.27. The highest BCUT2D eigenvalue weighted by Crippen LogP contribution is 2.41. The van der Waals surface area contributed by atoms with Gasteiger partial charge in [0.2, 0.25) is 20.0 Å². The number of carbonyl (C=O) groups is 1. The average molecular weight is 526 g/mol. The van der Waals surface area contributed by atoms with E-state index in [0.29, 0.717) is 17.9 Å². The van der Waals surface area contributed by atoms with E-state index in [4.69, 9.17) is 9.47 Å². The van der Waals surface area contributed by atoms with E-state index in [1.807, 2.05) is 0 Å². The molecule has 2 heterocycles. The molecule has 0 spiro atoms. The quantitative estimate of drug-likeness (QED) is 0.404. The highest BCUT2D eigenvalue weighted by molar-refractivity contribution is 7.89. The van der Waals surface area contributed by atoms with Crippen LogP contribution in [0.25, 0.3) is 0 Å². The summed E-state index contributed by atoms with van der Waals surface area (Å²) in [4.78, 5) is 12.5. The van der Waals surface area contributed by atoms with Crippen LogP contribution in [0.15, 0.2) is 58.3 Å². The van der Waals surface area contributed by atoms with Gasteiger partial charge in [0.05, 0.1) is 24.0 Å². The second kappa shape index (κ2) is 9.74. The summed E-state index contributed by atoms with van der Waals surface area (Å²) in [6.07, 6.45) is 0.534. The molecule has 2 N–H and O–H groups in total. The number of carbonyl (C=O) groups excluding carboxylic acids is 1. The number of piperidine rings is 1. The molecule has 13 heteroatoms. The molecule has 2 aromatic carbocycles. The number of benzene rings is 2. The van der Waals surface area contributed by atoms with E-state index in [0.717, 1.165) is 4.31 Å². The number of nitrogens with one attached hydrogen (secondary N) is 1. The Bertz CT molecular complexity index is 1280. The molecule has 2 fully saturated rings. The van der Waals surface area contributed by atoms with Crippen molar-refractivity contribution in [2.45, 2.75) is 34.7 Å². The molecule has 2 aliphatic heterocycles. The molecular formula is C22H27N3O8S2. The Morgan fingerprint density at radius 1 is 0.914 bits per heavy atom. The Hall–Kier alpha value is -2.71. The lowest BCUT2D eigenvalue weighted by molar-refractivity contribution is -0.132. The summed E-state index contributed by atoms with van der Waals surface area (Å²) >= 11 is 0. The Balaban J connectivity index is 1.69. The zero-order valence-corrected chi connectivity index (χ0v) is 20.8. The first-order valence-corrected chi connectivity index (χ1v) is 13.8. The lowest BCUT2D eigenvalue weighted by Gasteiger charge is -2.37. The molecule has 35 heavy (non-hydrogen) atoms. The molecule has 3 atom stereocenters. The largest absolute Gasteiger partial charge is 0.497 e. The maximum atomic E-state index is 13.7. The molecule has 0 unspecified atom stereocenters. The van der Waals surface area contributed by atoms with Gasteiger partial charge < -0.3 is 9.47 Å². The highest BCUT2D eigenvalue weighted by atomic mass is 32.2. The number of rotatable bonds is 7. The van der Waals surface area contributed by atoms with Gasteiger partial charge in [0.1, 0.15) is 17.5 Å². The fraction of sp³-hybridized carbons (Fsp3) is 0.409. The first-order valence-electron chi connectivity index (χ1n) is 10.9. The van der Waals surface area contributed by atoms with E-state index >= 15 is 0 Å². The van der Waals surface area contributed by atoms with Crippen molar-refractivity contribution < 1.29 is 36.3 Å². The first kappa shape index (κ1) is 25.4. The van der Waals surface area contributed by atoms with Crippen molar-refractivity contribution in [3.05, 3.63) is 48.5 Å². The minimum Gasteiger partial charge on any atom is -0.497 e. The van der Waals surface area contributed by atoms with Crippen LogP contribution in [0.4, 0.5) is 0 Å². The number of methoxy groups -OCH3 is 2. The van der Waals surface area contributed by atoms with Gasteiger partial charge in [-0.1, -0.05) is 0 Å². The minimum absolute atomic E-state index is 0.0592. The number of hydrogen-bond acceptors (Lipinski definition) is 8. The Labute approximate surface area is 204 Å². The molecule has 0 radical (unpaired) electrons. The first-order chi connectivity index (χ1) is 16.6. The Morgan fingerprint density at radius 2 is 1.43 bits per heavy atom. The van der Waals surface area contributed by atoms with Crippen molar-refractivity contribution in [3.8, 4) is 11.5 Å². The summed E-state index contributed by atoms with van der Waals surface area (Å²) in [6.45, 7) is 0.0586. The molecule has 0 aliphatic carbocycles. The van der Waals surface area contributed by atoms with Gasteiger partial charge in [0.25, 0.3) is 5.91 Å². The van der Waals surface area contributed by atoms with Gasteiger partial charge in [-0.05, 0) is 67.3 Å². The van der Waals surface area contributed by atoms with Crippen LogP contribution in [0.3, 0.4) is 0 Å². The predicted octanol–water partition coefficient (Wildman–Crippen LogP) is 1.05. The van der Waals surface area contributed by atoms with E-state index in [9.17, 15) is 26.8 Å². The monoisotopic (exact) mass is 525 g/mol. The lowest BCUT2D eigenvalue weighted by Crippen LogP contribution is -2.54. The smallest absolute Gasteiger partial charge is 0.261 e. The topological polar surface area (TPSA) is 143 Å². The number of sulfonamides is 2. The van der Waals surface area contributed by atoms with Gasteiger partial charge in [-0.2, -0.15) is 8.61 Å². The molecule has 0 saturated carbocycles. The molecule has 190 valence electrons. The Kier molecular flexibility index (Phi) is 7.06. The molecule has 1 amide bonds. The van der Waals surface area contributed by atoms with Crippen LogP contribution in [0, 0.1) is 5.92 Å². The van der Waals surface area contributed by atoms with E-state index in [1.54, 1.807) is 5.48 Å². The van der Waals surface area contributed by atoms with Gasteiger partial charge >= 0.3 is 0 Å². The van der Waals surface area contributed by atoms with E-state index in [2.05, 4.69) is 0 Å². The second-order valence-electron chi connectivity index (χ2n) is 8.39. The van der Waals surface area contributed by atoms with Crippen LogP contribution in [0.1, 0.15) is 12.8 Å². The fourth-order valence-electron chi connectivity index (χ4n) is 4.76. The predicted molar refractivity (Wildman–Crippen MR) is 124 cm³/mol. The summed E-state index contributed by atoms with van der Waals surface area (Å²) in [5.74, 6) is -0.149. The zero-order chi connectivity index (χ0) is 25.4. The molecule has 4 rings (SSSR count). The van der Waals surface area contributed by atoms with Crippen molar-refractivity contribution >= 4 is 26.0 Å². The van der Waals surface area contributed by atoms with Crippen molar-refractivity contribution in [3.63, 3.8) is 0 Å². The summed E-state index contributed by atoms with van der Waals surface area (Å²) < 4.78 is 66.4. The zero-order valence-electron chi connectivity index (χ0n) is 19.2. The number of hydroxylamine groups is 1. The maximum Gasteiger partial charge on any atom is 0.261 e. The van der Waals surface area contributed by atoms with Gasteiger partial charge in [0.15, 0.2) is 0 Å². The minimum atomic E-state index is -4.21. The van der Waals surface area contributed by atoms with Crippen LogP contribution in [0.5, 0.6) is 11.5 Å². The highest BCUT2D eigenvalue weighted by Gasteiger charge is 2.53. The number of fused-ring (bicyclic) bond motifs is 1. The van der Waals surface area contributed by atoms with Gasteiger partial charge in [-0.3, -0.25) is 10.0 Å². The number of ether oxygens (including phenoxy) is 2. The van der Waals surface area contributed by atoms with Crippen molar-refractivity contribution in [1.29, 1.82) is 0 Å². The second-order valence-corrected chi connectivity index (χ2v) is 12.2. The summed E-state index contributed by atoms with van der Waals surface area (Å²) in [5.41, 5.74) is 1.56. The molecule has 0 bridgehead atoms. The number of nitrogens with zero attached hydrogens (tertiary/aromatic N) is 2. The molecule has 2 aromatic rings. The van der Waals surface area contributed by atoms with Crippen LogP contribution in [0.2, 0.25) is 0 Å². The standard InChI is InChI=1S/C22H27N3O8S2/c1-32-16-3-7-18(8-4-16)34(28,29)24-12-11-15-13-20(22(26)23-27)25(21(15)14-24)35(30,31)19-9-5-17(33-2)6-10-19/h3-10,15,20-21,27H,11-14H2,1-2H3,(H,23,26)/t15-,20-,21-/m0/s1. The van der Waals surface area contributed by atoms with Crippen LogP contribution >= 0.6 is 0 Å². The van der Waals surface area contributed by atoms with Crippen molar-refractivity contribution in [1.82, 2.24) is 14.1 Å². The van der Waals surface area contributed by atoms with Crippen LogP contribution in [-0.2, 0) is 24.8 Å². The SMILES string of the molecule is COc1ccc(S(=O)(=O)N2CC[C@H]3C[C@@H](C(=O)NO)N(S(=O)(=O)c4ccc(OC)cc4)[C@H]3C2)cc1. The molecule has 11 nitrogen and oxygen atoms in total. The van der Waals surface area contributed by atoms with Crippen LogP contribution < -0.4 is 15.0 Å². The number of hydrogen-bond donors (Lipinski definition) is 2. The maximum absolute atomic E-state index is 13.7. The summed E-state index contributed by atoms with van der Waals surface area (Å²) in [7, 11) is -5.20. The molecular weight excluding hydrogens is 498 g/mol. The van der Waals surface area contributed by atoms with Gasteiger partial charge in [0, 0.05) is 19.1 Å². The third-order valence-electron chi connectivity index (χ3n) is 6.59. The third kappa shape index (κ3) is 4.61. The average Bonchev–Trinajstić information content (AvgIpc) is 3.28. The molecule has 2 saturated heterocycles. The van der Waals surface area contributed by atoms with Gasteiger partial charge in [-0.15, -0.1) is 0 Å². The number of amides is 1. The molecule has 2 aliphatic rings. The third-order valence-corrected chi connectivity index (χ3v) is 10.4. The summed E-state index contributed by atoms with van der Waals surface area (Å²) in [6, 6.07) is 9.69. The van der Waals surface area contributed by atoms with E-state index in [1.165, 1.54) is 67.1 Å². The molecule has 0 aromatic heterocycles. The van der Waals surface area contributed by atoms with Crippen LogP contribution in [-0.4, -0.2) is 76.0 Å². The fourth-order valence-corrected chi connectivity index (χ4v) is 8.07. The van der Waals surface area contributed by atoms with Crippen molar-refractivity contribution in [2.24, 2.45) is 5.92 Å². The van der Waals surface area contributed by atoms with Gasteiger partial charge in [-0.25, -0.2) is 22.3 Å². The van der Waals surface area contributed by atoms with E-state index in [-0.39, 0.29) is 35.2 Å². The lowest BCUT2D eigenvalue weighted by atomic mass is 9.92. The van der Waals surface area contributed by atoms with Crippen molar-refractivity contribution in [2.75, 3.05) is 27.3 Å².